The molecule has 0 saturated heterocycles. The highest BCUT2D eigenvalue weighted by Crippen LogP contribution is 2.41. The van der Waals surface area contributed by atoms with Gasteiger partial charge in [0.1, 0.15) is 23.7 Å². The summed E-state index contributed by atoms with van der Waals surface area (Å²) in [6.07, 6.45) is 0. The maximum absolute atomic E-state index is 12.5. The highest BCUT2D eigenvalue weighted by atomic mass is 32.2. The molecule has 0 fully saturated rings. The van der Waals surface area contributed by atoms with Crippen molar-refractivity contribution >= 4 is 21.1 Å². The van der Waals surface area contributed by atoms with Crippen molar-refractivity contribution in [2.45, 2.75) is 19.0 Å². The second-order valence-corrected chi connectivity index (χ2v) is 7.71. The van der Waals surface area contributed by atoms with E-state index in [2.05, 4.69) is 4.18 Å². The van der Waals surface area contributed by atoms with Crippen molar-refractivity contribution in [3.05, 3.63) is 57.9 Å². The van der Waals surface area contributed by atoms with E-state index in [0.717, 1.165) is 17.7 Å². The normalized spacial score (nSPS) is 13.6. The SMILES string of the molecule is Cc1ccc2c3c(c(=O)oc2c1)-c1ccc(OS(=O)(=O)C(F)(F)F)cc1OC3. The molecule has 2 heterocycles. The van der Waals surface area contributed by atoms with Crippen LogP contribution in [0.15, 0.2) is 45.6 Å². The molecule has 0 atom stereocenters. The number of alkyl halides is 3. The van der Waals surface area contributed by atoms with Gasteiger partial charge < -0.3 is 13.3 Å². The maximum Gasteiger partial charge on any atom is 0.534 e. The van der Waals surface area contributed by atoms with Crippen LogP contribution in [0.5, 0.6) is 11.5 Å². The van der Waals surface area contributed by atoms with Crippen LogP contribution in [-0.2, 0) is 16.7 Å². The molecule has 4 rings (SSSR count). The Bertz CT molecular complexity index is 1270. The molecule has 0 amide bonds. The smallest absolute Gasteiger partial charge is 0.488 e. The molecule has 2 aromatic carbocycles. The van der Waals surface area contributed by atoms with E-state index in [9.17, 15) is 26.4 Å². The molecule has 0 spiro atoms. The van der Waals surface area contributed by atoms with Crippen molar-refractivity contribution in [3.63, 3.8) is 0 Å². The summed E-state index contributed by atoms with van der Waals surface area (Å²) in [5.74, 6) is -0.568. The van der Waals surface area contributed by atoms with Gasteiger partial charge in [-0.3, -0.25) is 0 Å². The van der Waals surface area contributed by atoms with Gasteiger partial charge in [0.2, 0.25) is 0 Å². The van der Waals surface area contributed by atoms with Crippen molar-refractivity contribution in [2.75, 3.05) is 0 Å². The summed E-state index contributed by atoms with van der Waals surface area (Å²) >= 11 is 0. The van der Waals surface area contributed by atoms with Gasteiger partial charge in [0.25, 0.3) is 0 Å². The molecule has 28 heavy (non-hydrogen) atoms. The van der Waals surface area contributed by atoms with Crippen LogP contribution in [0.3, 0.4) is 0 Å². The number of hydrogen-bond donors (Lipinski definition) is 0. The van der Waals surface area contributed by atoms with Gasteiger partial charge >= 0.3 is 21.3 Å². The third-order valence-electron chi connectivity index (χ3n) is 4.25. The van der Waals surface area contributed by atoms with Gasteiger partial charge in [-0.25, -0.2) is 4.79 Å². The number of rotatable bonds is 2. The summed E-state index contributed by atoms with van der Waals surface area (Å²) in [4.78, 5) is 12.5. The summed E-state index contributed by atoms with van der Waals surface area (Å²) in [7, 11) is -5.81. The minimum absolute atomic E-state index is 0.0149. The molecule has 0 bridgehead atoms. The van der Waals surface area contributed by atoms with E-state index >= 15 is 0 Å². The Morgan fingerprint density at radius 1 is 1.11 bits per heavy atom. The highest BCUT2D eigenvalue weighted by molar-refractivity contribution is 7.88. The minimum atomic E-state index is -5.81. The molecule has 1 aromatic heterocycles. The van der Waals surface area contributed by atoms with Gasteiger partial charge in [-0.2, -0.15) is 21.6 Å². The maximum atomic E-state index is 12.5. The summed E-state index contributed by atoms with van der Waals surface area (Å²) in [6, 6.07) is 8.60. The lowest BCUT2D eigenvalue weighted by molar-refractivity contribution is -0.0500. The van der Waals surface area contributed by atoms with Crippen LogP contribution in [0.1, 0.15) is 11.1 Å². The fourth-order valence-electron chi connectivity index (χ4n) is 3.00. The summed E-state index contributed by atoms with van der Waals surface area (Å²) in [5.41, 5.74) is -3.83. The largest absolute Gasteiger partial charge is 0.534 e. The lowest BCUT2D eigenvalue weighted by Gasteiger charge is -2.21. The topological polar surface area (TPSA) is 82.8 Å². The third-order valence-corrected chi connectivity index (χ3v) is 5.23. The zero-order chi connectivity index (χ0) is 20.3. The van der Waals surface area contributed by atoms with E-state index in [1.165, 1.54) is 6.07 Å². The van der Waals surface area contributed by atoms with E-state index in [1.807, 2.05) is 13.0 Å². The molecule has 3 aromatic rings. The molecule has 0 unspecified atom stereocenters. The quantitative estimate of drug-likeness (QED) is 0.361. The number of aryl methyl sites for hydroxylation is 1. The first-order valence-electron chi connectivity index (χ1n) is 7.91. The van der Waals surface area contributed by atoms with Gasteiger partial charge in [-0.05, 0) is 30.7 Å². The molecular weight excluding hydrogens is 401 g/mol. The van der Waals surface area contributed by atoms with E-state index in [0.29, 0.717) is 16.5 Å². The van der Waals surface area contributed by atoms with Crippen LogP contribution in [0.4, 0.5) is 13.2 Å². The predicted molar refractivity (Wildman–Crippen MR) is 92.6 cm³/mol. The Morgan fingerprint density at radius 3 is 2.57 bits per heavy atom. The van der Waals surface area contributed by atoms with Crippen molar-refractivity contribution < 1.29 is 34.9 Å². The summed E-state index contributed by atoms with van der Waals surface area (Å²) in [6.45, 7) is 1.81. The molecule has 10 heteroatoms. The van der Waals surface area contributed by atoms with Crippen molar-refractivity contribution in [2.24, 2.45) is 0 Å². The first-order valence-corrected chi connectivity index (χ1v) is 9.32. The predicted octanol–water partition coefficient (Wildman–Crippen LogP) is 3.89. The average Bonchev–Trinajstić information content (AvgIpc) is 2.59. The molecule has 1 aliphatic heterocycles. The molecule has 0 aliphatic carbocycles. The second-order valence-electron chi connectivity index (χ2n) is 6.17. The Morgan fingerprint density at radius 2 is 1.86 bits per heavy atom. The number of fused-ring (bicyclic) bond motifs is 5. The fraction of sp³-hybridized carbons (Fsp3) is 0.167. The molecule has 0 radical (unpaired) electrons. The van der Waals surface area contributed by atoms with Gasteiger partial charge in [0.15, 0.2) is 0 Å². The van der Waals surface area contributed by atoms with Crippen LogP contribution < -0.4 is 14.5 Å². The second kappa shape index (κ2) is 5.99. The lowest BCUT2D eigenvalue weighted by Crippen LogP contribution is -2.28. The Balaban J connectivity index is 1.83. The number of hydrogen-bond acceptors (Lipinski definition) is 6. The zero-order valence-corrected chi connectivity index (χ0v) is 15.0. The monoisotopic (exact) mass is 412 g/mol. The van der Waals surface area contributed by atoms with Crippen LogP contribution in [0.25, 0.3) is 22.1 Å². The van der Waals surface area contributed by atoms with Gasteiger partial charge in [-0.1, -0.05) is 12.1 Å². The molecular formula is C18H11F3O6S. The van der Waals surface area contributed by atoms with Crippen LogP contribution in [0.2, 0.25) is 0 Å². The number of benzene rings is 2. The fourth-order valence-corrected chi connectivity index (χ4v) is 3.45. The highest BCUT2D eigenvalue weighted by Gasteiger charge is 2.48. The van der Waals surface area contributed by atoms with Crippen LogP contribution in [0, 0.1) is 6.92 Å². The Labute approximate surface area is 156 Å². The molecule has 1 aliphatic rings. The van der Waals surface area contributed by atoms with E-state index in [1.54, 1.807) is 12.1 Å². The molecule has 146 valence electrons. The van der Waals surface area contributed by atoms with Gasteiger partial charge in [0.05, 0.1) is 5.56 Å². The van der Waals surface area contributed by atoms with E-state index < -0.39 is 27.0 Å². The van der Waals surface area contributed by atoms with Crippen molar-refractivity contribution in [1.29, 1.82) is 0 Å². The number of ether oxygens (including phenoxy) is 1. The van der Waals surface area contributed by atoms with Gasteiger partial charge in [-0.15, -0.1) is 0 Å². The van der Waals surface area contributed by atoms with Crippen LogP contribution >= 0.6 is 0 Å². The zero-order valence-electron chi connectivity index (χ0n) is 14.2. The molecule has 0 saturated carbocycles. The van der Waals surface area contributed by atoms with E-state index in [4.69, 9.17) is 9.15 Å². The lowest BCUT2D eigenvalue weighted by atomic mass is 9.95. The number of halogens is 3. The van der Waals surface area contributed by atoms with E-state index in [-0.39, 0.29) is 23.5 Å². The van der Waals surface area contributed by atoms with Crippen LogP contribution in [-0.4, -0.2) is 13.9 Å². The van der Waals surface area contributed by atoms with Crippen molar-refractivity contribution in [3.8, 4) is 22.6 Å². The standard InChI is InChI=1S/C18H11F3O6S/c1-9-2-4-11-13-8-25-14-7-10(27-28(23,24)18(19,20)21)3-5-12(14)16(13)17(22)26-15(11)6-9/h2-7H,8H2,1H3. The minimum Gasteiger partial charge on any atom is -0.488 e. The first-order chi connectivity index (χ1) is 13.1. The third kappa shape index (κ3) is 2.89. The molecule has 0 N–H and O–H groups in total. The molecule has 6 nitrogen and oxygen atoms in total. The van der Waals surface area contributed by atoms with Gasteiger partial charge in [0, 0.05) is 22.6 Å². The summed E-state index contributed by atoms with van der Waals surface area (Å²) in [5, 5.41) is 0.672. The van der Waals surface area contributed by atoms with Crippen molar-refractivity contribution in [1.82, 2.24) is 0 Å². The Kier molecular flexibility index (Phi) is 3.93. The first kappa shape index (κ1) is 18.4. The summed E-state index contributed by atoms with van der Waals surface area (Å²) < 4.78 is 74.8. The Hall–Kier alpha value is -3.01. The average molecular weight is 412 g/mol.